The summed E-state index contributed by atoms with van der Waals surface area (Å²) in [7, 11) is 0. The topological polar surface area (TPSA) is 66.8 Å². The van der Waals surface area contributed by atoms with Gasteiger partial charge in [0.25, 0.3) is 0 Å². The third-order valence-electron chi connectivity index (χ3n) is 1.86. The van der Waals surface area contributed by atoms with E-state index in [1.54, 1.807) is 0 Å². The lowest BCUT2D eigenvalue weighted by molar-refractivity contribution is -0.139. The second-order valence-electron chi connectivity index (χ2n) is 3.13. The molecule has 0 amide bonds. The van der Waals surface area contributed by atoms with Crippen LogP contribution in [-0.2, 0) is 9.53 Å². The smallest absolute Gasteiger partial charge is 0.337 e. The second-order valence-corrected chi connectivity index (χ2v) is 3.13. The molecule has 0 heterocycles. The minimum atomic E-state index is -0.521. The number of unbranched alkanes of at least 4 members (excludes halogenated alkanes) is 1. The maximum absolute atomic E-state index is 11.3. The van der Waals surface area contributed by atoms with Crippen molar-refractivity contribution in [2.45, 2.75) is 26.2 Å². The Labute approximate surface area is 89.9 Å². The first-order valence-electron chi connectivity index (χ1n) is 4.91. The summed E-state index contributed by atoms with van der Waals surface area (Å²) in [5.41, 5.74) is 0.207. The van der Waals surface area contributed by atoms with Gasteiger partial charge in [0.1, 0.15) is 5.76 Å². The van der Waals surface area contributed by atoms with Gasteiger partial charge < -0.3 is 14.9 Å². The highest BCUT2D eigenvalue weighted by molar-refractivity contribution is 5.88. The molecule has 0 saturated heterocycles. The number of hydrogen-bond donors (Lipinski definition) is 2. The van der Waals surface area contributed by atoms with Crippen molar-refractivity contribution in [3.05, 3.63) is 24.0 Å². The van der Waals surface area contributed by atoms with Crippen LogP contribution < -0.4 is 0 Å². The van der Waals surface area contributed by atoms with Crippen LogP contribution in [0, 0.1) is 0 Å². The zero-order valence-electron chi connectivity index (χ0n) is 9.03. The Bertz CT molecular complexity index is 243. The quantitative estimate of drug-likeness (QED) is 0.222. The van der Waals surface area contributed by atoms with Gasteiger partial charge in [-0.2, -0.15) is 0 Å². The zero-order chi connectivity index (χ0) is 11.7. The SMILES string of the molecule is C=CCC(O)=C(C)C(=O)OCCCCO. The van der Waals surface area contributed by atoms with Crippen molar-refractivity contribution in [2.24, 2.45) is 0 Å². The van der Waals surface area contributed by atoms with E-state index < -0.39 is 5.97 Å². The summed E-state index contributed by atoms with van der Waals surface area (Å²) < 4.78 is 4.87. The fraction of sp³-hybridized carbons (Fsp3) is 0.545. The van der Waals surface area contributed by atoms with Gasteiger partial charge >= 0.3 is 5.97 Å². The van der Waals surface area contributed by atoms with E-state index >= 15 is 0 Å². The molecule has 0 bridgehead atoms. The Morgan fingerprint density at radius 3 is 2.67 bits per heavy atom. The molecule has 0 rings (SSSR count). The van der Waals surface area contributed by atoms with Crippen molar-refractivity contribution < 1.29 is 19.7 Å². The van der Waals surface area contributed by atoms with Gasteiger partial charge in [-0.15, -0.1) is 6.58 Å². The number of carbonyl (C=O) groups is 1. The number of aliphatic hydroxyl groups excluding tert-OH is 2. The van der Waals surface area contributed by atoms with E-state index in [9.17, 15) is 9.90 Å². The monoisotopic (exact) mass is 214 g/mol. The first kappa shape index (κ1) is 13.7. The molecule has 0 aliphatic rings. The molecule has 0 aliphatic heterocycles. The van der Waals surface area contributed by atoms with Crippen LogP contribution in [0.3, 0.4) is 0 Å². The number of hydrogen-bond acceptors (Lipinski definition) is 4. The summed E-state index contributed by atoms with van der Waals surface area (Å²) in [6.45, 7) is 5.32. The molecule has 0 atom stereocenters. The molecule has 0 aromatic rings. The molecule has 4 nitrogen and oxygen atoms in total. The number of aliphatic hydroxyl groups is 2. The van der Waals surface area contributed by atoms with Crippen molar-refractivity contribution in [1.29, 1.82) is 0 Å². The first-order chi connectivity index (χ1) is 7.13. The van der Waals surface area contributed by atoms with Gasteiger partial charge in [0.2, 0.25) is 0 Å². The number of allylic oxidation sites excluding steroid dienone is 1. The van der Waals surface area contributed by atoms with Crippen LogP contribution in [0.15, 0.2) is 24.0 Å². The van der Waals surface area contributed by atoms with Crippen LogP contribution >= 0.6 is 0 Å². The van der Waals surface area contributed by atoms with Gasteiger partial charge in [0, 0.05) is 13.0 Å². The highest BCUT2D eigenvalue weighted by Gasteiger charge is 2.10. The summed E-state index contributed by atoms with van der Waals surface area (Å²) >= 11 is 0. The largest absolute Gasteiger partial charge is 0.511 e. The molecule has 0 saturated carbocycles. The van der Waals surface area contributed by atoms with Crippen molar-refractivity contribution in [3.8, 4) is 0 Å². The normalized spacial score (nSPS) is 11.9. The number of rotatable bonds is 7. The third-order valence-corrected chi connectivity index (χ3v) is 1.86. The van der Waals surface area contributed by atoms with E-state index in [2.05, 4.69) is 6.58 Å². The Morgan fingerprint density at radius 1 is 1.47 bits per heavy atom. The van der Waals surface area contributed by atoms with Crippen molar-refractivity contribution in [1.82, 2.24) is 0 Å². The lowest BCUT2D eigenvalue weighted by Crippen LogP contribution is -2.09. The van der Waals surface area contributed by atoms with E-state index in [0.717, 1.165) is 0 Å². The van der Waals surface area contributed by atoms with E-state index in [1.165, 1.54) is 13.0 Å². The first-order valence-corrected chi connectivity index (χ1v) is 4.91. The molecule has 4 heteroatoms. The molecule has 0 aliphatic carbocycles. The van der Waals surface area contributed by atoms with Crippen molar-refractivity contribution >= 4 is 5.97 Å². The van der Waals surface area contributed by atoms with Gasteiger partial charge in [0.15, 0.2) is 0 Å². The van der Waals surface area contributed by atoms with Gasteiger partial charge in [-0.05, 0) is 19.8 Å². The average molecular weight is 214 g/mol. The van der Waals surface area contributed by atoms with Crippen LogP contribution in [0.4, 0.5) is 0 Å². The maximum Gasteiger partial charge on any atom is 0.337 e. The predicted octanol–water partition coefficient (Wildman–Crippen LogP) is 1.71. The average Bonchev–Trinajstić information content (AvgIpc) is 2.23. The van der Waals surface area contributed by atoms with Crippen LogP contribution in [0.5, 0.6) is 0 Å². The molecule has 15 heavy (non-hydrogen) atoms. The summed E-state index contributed by atoms with van der Waals surface area (Å²) in [5, 5.41) is 17.9. The van der Waals surface area contributed by atoms with E-state index in [-0.39, 0.29) is 31.0 Å². The fourth-order valence-electron chi connectivity index (χ4n) is 0.895. The molecular weight excluding hydrogens is 196 g/mol. The Kier molecular flexibility index (Phi) is 7.36. The number of ether oxygens (including phenoxy) is 1. The predicted molar refractivity (Wildman–Crippen MR) is 57.4 cm³/mol. The van der Waals surface area contributed by atoms with Gasteiger partial charge in [-0.1, -0.05) is 6.08 Å². The lowest BCUT2D eigenvalue weighted by Gasteiger charge is -2.05. The maximum atomic E-state index is 11.3. The summed E-state index contributed by atoms with van der Waals surface area (Å²) in [4.78, 5) is 11.3. The number of carbonyl (C=O) groups excluding carboxylic acids is 1. The van der Waals surface area contributed by atoms with E-state index in [1.807, 2.05) is 0 Å². The lowest BCUT2D eigenvalue weighted by atomic mass is 10.2. The van der Waals surface area contributed by atoms with Gasteiger partial charge in [-0.3, -0.25) is 0 Å². The third kappa shape index (κ3) is 5.91. The molecule has 0 fully saturated rings. The summed E-state index contributed by atoms with van der Waals surface area (Å²) in [6, 6.07) is 0. The molecule has 0 spiro atoms. The standard InChI is InChI=1S/C11H18O4/c1-3-6-10(13)9(2)11(14)15-8-5-4-7-12/h3,12-13H,1,4-8H2,2H3. The van der Waals surface area contributed by atoms with E-state index in [4.69, 9.17) is 9.84 Å². The van der Waals surface area contributed by atoms with Gasteiger partial charge in [0.05, 0.1) is 12.2 Å². The van der Waals surface area contributed by atoms with Crippen LogP contribution in [-0.4, -0.2) is 29.4 Å². The van der Waals surface area contributed by atoms with Crippen molar-refractivity contribution in [2.75, 3.05) is 13.2 Å². The number of esters is 1. The summed E-state index contributed by atoms with van der Waals surface area (Å²) in [6.07, 6.45) is 3.00. The molecular formula is C11H18O4. The Morgan fingerprint density at radius 2 is 2.13 bits per heavy atom. The highest BCUT2D eigenvalue weighted by Crippen LogP contribution is 2.07. The van der Waals surface area contributed by atoms with Crippen LogP contribution in [0.1, 0.15) is 26.2 Å². The van der Waals surface area contributed by atoms with Gasteiger partial charge in [-0.25, -0.2) is 4.79 Å². The fourth-order valence-corrected chi connectivity index (χ4v) is 0.895. The molecule has 2 N–H and O–H groups in total. The molecule has 86 valence electrons. The Hall–Kier alpha value is -1.29. The minimum absolute atomic E-state index is 0.0165. The van der Waals surface area contributed by atoms with Crippen LogP contribution in [0.2, 0.25) is 0 Å². The molecule has 0 radical (unpaired) electrons. The minimum Gasteiger partial charge on any atom is -0.511 e. The van der Waals surface area contributed by atoms with E-state index in [0.29, 0.717) is 12.8 Å². The zero-order valence-corrected chi connectivity index (χ0v) is 9.03. The second kappa shape index (κ2) is 8.05. The summed E-state index contributed by atoms with van der Waals surface area (Å²) in [5.74, 6) is -0.538. The van der Waals surface area contributed by atoms with Crippen molar-refractivity contribution in [3.63, 3.8) is 0 Å². The molecule has 0 aromatic carbocycles. The van der Waals surface area contributed by atoms with Crippen LogP contribution in [0.25, 0.3) is 0 Å². The highest BCUT2D eigenvalue weighted by atomic mass is 16.5. The molecule has 0 aromatic heterocycles. The Balaban J connectivity index is 3.98. The molecule has 0 unspecified atom stereocenters.